The second-order valence-electron chi connectivity index (χ2n) is 5.82. The molecule has 3 nitrogen and oxygen atoms in total. The maximum Gasteiger partial charge on any atom is 0.0736 e. The van der Waals surface area contributed by atoms with Crippen LogP contribution >= 0.6 is 0 Å². The van der Waals surface area contributed by atoms with Gasteiger partial charge >= 0.3 is 0 Å². The van der Waals surface area contributed by atoms with Crippen LogP contribution in [0.2, 0.25) is 0 Å². The Balaban J connectivity index is 2.80. The molecule has 1 aliphatic heterocycles. The molecule has 0 aromatic carbocycles. The maximum atomic E-state index is 6.01. The minimum absolute atomic E-state index is 0.0269. The number of methoxy groups -OCH3 is 1. The minimum Gasteiger partial charge on any atom is -0.380 e. The van der Waals surface area contributed by atoms with E-state index >= 15 is 0 Å². The first kappa shape index (κ1) is 14.9. The molecule has 102 valence electrons. The summed E-state index contributed by atoms with van der Waals surface area (Å²) in [5.74, 6) is 0. The van der Waals surface area contributed by atoms with E-state index in [0.717, 1.165) is 6.54 Å². The van der Waals surface area contributed by atoms with E-state index in [1.54, 1.807) is 7.11 Å². The Morgan fingerprint density at radius 1 is 1.41 bits per heavy atom. The Morgan fingerprint density at radius 2 is 2.00 bits per heavy atom. The molecule has 0 aromatic heterocycles. The van der Waals surface area contributed by atoms with E-state index in [1.165, 1.54) is 25.8 Å². The SMILES string of the molecule is CCC1(CC)CCN(C(C)(CN)C(C)OC)C1. The van der Waals surface area contributed by atoms with Gasteiger partial charge in [-0.1, -0.05) is 13.8 Å². The predicted molar refractivity (Wildman–Crippen MR) is 73.1 cm³/mol. The highest BCUT2D eigenvalue weighted by Gasteiger charge is 2.44. The topological polar surface area (TPSA) is 38.5 Å². The normalized spacial score (nSPS) is 25.8. The monoisotopic (exact) mass is 242 g/mol. The molecular formula is C14H30N2O. The van der Waals surface area contributed by atoms with Gasteiger partial charge in [-0.2, -0.15) is 0 Å². The number of hydrogen-bond donors (Lipinski definition) is 1. The molecule has 2 unspecified atom stereocenters. The third kappa shape index (κ3) is 2.67. The van der Waals surface area contributed by atoms with Crippen molar-refractivity contribution in [1.82, 2.24) is 4.90 Å². The van der Waals surface area contributed by atoms with Crippen molar-refractivity contribution in [2.75, 3.05) is 26.7 Å². The van der Waals surface area contributed by atoms with E-state index < -0.39 is 0 Å². The predicted octanol–water partition coefficient (Wildman–Crippen LogP) is 2.25. The smallest absolute Gasteiger partial charge is 0.0736 e. The largest absolute Gasteiger partial charge is 0.380 e. The fourth-order valence-corrected chi connectivity index (χ4v) is 3.00. The Morgan fingerprint density at radius 3 is 2.35 bits per heavy atom. The van der Waals surface area contributed by atoms with Crippen LogP contribution in [0.25, 0.3) is 0 Å². The zero-order valence-corrected chi connectivity index (χ0v) is 12.3. The first-order valence-corrected chi connectivity index (χ1v) is 6.96. The molecule has 0 saturated carbocycles. The van der Waals surface area contributed by atoms with Gasteiger partial charge in [-0.25, -0.2) is 0 Å². The first-order valence-electron chi connectivity index (χ1n) is 6.96. The number of ether oxygens (including phenoxy) is 1. The highest BCUT2D eigenvalue weighted by Crippen LogP contribution is 2.40. The van der Waals surface area contributed by atoms with Crippen molar-refractivity contribution in [3.8, 4) is 0 Å². The Labute approximate surface area is 107 Å². The zero-order chi connectivity index (χ0) is 13.1. The van der Waals surface area contributed by atoms with E-state index in [9.17, 15) is 0 Å². The van der Waals surface area contributed by atoms with E-state index in [2.05, 4.69) is 32.6 Å². The standard InChI is InChI=1S/C14H30N2O/c1-6-14(7-2)8-9-16(11-14)13(4,10-15)12(3)17-5/h12H,6-11,15H2,1-5H3. The van der Waals surface area contributed by atoms with Crippen molar-refractivity contribution in [2.45, 2.75) is 58.6 Å². The van der Waals surface area contributed by atoms with Crippen LogP contribution in [-0.4, -0.2) is 43.3 Å². The van der Waals surface area contributed by atoms with Crippen molar-refractivity contribution >= 4 is 0 Å². The summed E-state index contributed by atoms with van der Waals surface area (Å²) in [6.07, 6.45) is 4.01. The summed E-state index contributed by atoms with van der Waals surface area (Å²) in [5, 5.41) is 0. The van der Waals surface area contributed by atoms with E-state index in [-0.39, 0.29) is 11.6 Å². The van der Waals surface area contributed by atoms with Gasteiger partial charge in [0.1, 0.15) is 0 Å². The van der Waals surface area contributed by atoms with Crippen LogP contribution < -0.4 is 5.73 Å². The lowest BCUT2D eigenvalue weighted by molar-refractivity contribution is -0.0258. The summed E-state index contributed by atoms with van der Waals surface area (Å²) in [6.45, 7) is 12.0. The molecule has 0 bridgehead atoms. The Bertz CT molecular complexity index is 240. The van der Waals surface area contributed by atoms with Gasteiger partial charge in [0.15, 0.2) is 0 Å². The molecule has 2 N–H and O–H groups in total. The molecule has 1 fully saturated rings. The molecule has 2 atom stereocenters. The van der Waals surface area contributed by atoms with Gasteiger partial charge in [0, 0.05) is 20.2 Å². The second-order valence-corrected chi connectivity index (χ2v) is 5.82. The number of rotatable bonds is 6. The number of likely N-dealkylation sites (tertiary alicyclic amines) is 1. The summed E-state index contributed by atoms with van der Waals surface area (Å²) < 4.78 is 5.53. The van der Waals surface area contributed by atoms with E-state index in [1.807, 2.05) is 0 Å². The number of nitrogens with two attached hydrogens (primary N) is 1. The second kappa shape index (κ2) is 5.68. The molecule has 0 radical (unpaired) electrons. The number of hydrogen-bond acceptors (Lipinski definition) is 3. The van der Waals surface area contributed by atoms with Crippen LogP contribution in [0, 0.1) is 5.41 Å². The van der Waals surface area contributed by atoms with Crippen LogP contribution in [0.3, 0.4) is 0 Å². The average molecular weight is 242 g/mol. The van der Waals surface area contributed by atoms with Crippen molar-refractivity contribution < 1.29 is 4.74 Å². The van der Waals surface area contributed by atoms with Crippen LogP contribution in [0.5, 0.6) is 0 Å². The lowest BCUT2D eigenvalue weighted by Gasteiger charge is -2.43. The van der Waals surface area contributed by atoms with Gasteiger partial charge in [0.05, 0.1) is 11.6 Å². The lowest BCUT2D eigenvalue weighted by atomic mass is 9.81. The van der Waals surface area contributed by atoms with Gasteiger partial charge < -0.3 is 10.5 Å². The molecule has 1 rings (SSSR count). The molecule has 0 spiro atoms. The molecule has 0 aromatic rings. The summed E-state index contributed by atoms with van der Waals surface area (Å²) in [4.78, 5) is 2.55. The van der Waals surface area contributed by atoms with Crippen LogP contribution in [-0.2, 0) is 4.74 Å². The molecule has 0 amide bonds. The summed E-state index contributed by atoms with van der Waals surface area (Å²) in [6, 6.07) is 0. The van der Waals surface area contributed by atoms with Crippen LogP contribution in [0.15, 0.2) is 0 Å². The Kier molecular flexibility index (Phi) is 4.99. The average Bonchev–Trinajstić information content (AvgIpc) is 2.82. The molecule has 1 saturated heterocycles. The zero-order valence-electron chi connectivity index (χ0n) is 12.3. The van der Waals surface area contributed by atoms with Crippen LogP contribution in [0.1, 0.15) is 47.0 Å². The highest BCUT2D eigenvalue weighted by molar-refractivity contribution is 5.00. The van der Waals surface area contributed by atoms with Gasteiger partial charge in [0.2, 0.25) is 0 Å². The quantitative estimate of drug-likeness (QED) is 0.776. The van der Waals surface area contributed by atoms with E-state index in [0.29, 0.717) is 12.0 Å². The minimum atomic E-state index is -0.0269. The van der Waals surface area contributed by atoms with Gasteiger partial charge in [0.25, 0.3) is 0 Å². The van der Waals surface area contributed by atoms with Gasteiger partial charge in [-0.05, 0) is 45.1 Å². The number of nitrogens with zero attached hydrogens (tertiary/aromatic N) is 1. The summed E-state index contributed by atoms with van der Waals surface area (Å²) >= 11 is 0. The summed E-state index contributed by atoms with van der Waals surface area (Å²) in [5.41, 5.74) is 6.49. The summed E-state index contributed by atoms with van der Waals surface area (Å²) in [7, 11) is 1.78. The first-order chi connectivity index (χ1) is 7.98. The third-order valence-corrected chi connectivity index (χ3v) is 5.30. The fraction of sp³-hybridized carbons (Fsp3) is 1.00. The third-order valence-electron chi connectivity index (χ3n) is 5.30. The molecule has 1 heterocycles. The van der Waals surface area contributed by atoms with Crippen molar-refractivity contribution in [1.29, 1.82) is 0 Å². The van der Waals surface area contributed by atoms with Crippen LogP contribution in [0.4, 0.5) is 0 Å². The van der Waals surface area contributed by atoms with Crippen molar-refractivity contribution in [2.24, 2.45) is 11.1 Å². The lowest BCUT2D eigenvalue weighted by Crippen LogP contribution is -2.58. The Hall–Kier alpha value is -0.120. The fourth-order valence-electron chi connectivity index (χ4n) is 3.00. The molecule has 17 heavy (non-hydrogen) atoms. The molecule has 0 aliphatic carbocycles. The molecule has 1 aliphatic rings. The van der Waals surface area contributed by atoms with Crippen molar-refractivity contribution in [3.63, 3.8) is 0 Å². The van der Waals surface area contributed by atoms with E-state index in [4.69, 9.17) is 10.5 Å². The maximum absolute atomic E-state index is 6.01. The van der Waals surface area contributed by atoms with Crippen molar-refractivity contribution in [3.05, 3.63) is 0 Å². The molecular weight excluding hydrogens is 212 g/mol. The van der Waals surface area contributed by atoms with Gasteiger partial charge in [-0.3, -0.25) is 4.90 Å². The van der Waals surface area contributed by atoms with Gasteiger partial charge in [-0.15, -0.1) is 0 Å². The highest BCUT2D eigenvalue weighted by atomic mass is 16.5. The molecule has 3 heteroatoms.